The normalized spacial score (nSPS) is 19.5. The van der Waals surface area contributed by atoms with E-state index in [-0.39, 0.29) is 28.3 Å². The molecule has 3 rings (SSSR count). The lowest BCUT2D eigenvalue weighted by Crippen LogP contribution is -2.51. The van der Waals surface area contributed by atoms with Crippen LogP contribution in [0.3, 0.4) is 0 Å². The molecule has 2 aliphatic heterocycles. The van der Waals surface area contributed by atoms with E-state index in [0.717, 1.165) is 19.3 Å². The van der Waals surface area contributed by atoms with Gasteiger partial charge in [-0.05, 0) is 38.3 Å². The SMILES string of the molecule is CCOC(=O)C1=C(COC(=O)c2ccccc2S(=O)(=O)N2CCCCC2)NC(=O)N[C@@H]1CC. The number of hydrogen-bond donors (Lipinski definition) is 2. The topological polar surface area (TPSA) is 131 Å². The largest absolute Gasteiger partial charge is 0.463 e. The van der Waals surface area contributed by atoms with Gasteiger partial charge in [0.25, 0.3) is 0 Å². The molecule has 33 heavy (non-hydrogen) atoms. The number of nitrogens with one attached hydrogen (secondary N) is 2. The van der Waals surface area contributed by atoms with E-state index >= 15 is 0 Å². The van der Waals surface area contributed by atoms with Crippen molar-refractivity contribution in [2.75, 3.05) is 26.3 Å². The summed E-state index contributed by atoms with van der Waals surface area (Å²) >= 11 is 0. The predicted molar refractivity (Wildman–Crippen MR) is 119 cm³/mol. The Balaban J connectivity index is 1.85. The molecular weight excluding hydrogens is 450 g/mol. The summed E-state index contributed by atoms with van der Waals surface area (Å²) in [6, 6.07) is 4.73. The minimum atomic E-state index is -3.87. The van der Waals surface area contributed by atoms with Crippen molar-refractivity contribution in [3.63, 3.8) is 0 Å². The maximum atomic E-state index is 13.1. The van der Waals surface area contributed by atoms with Crippen LogP contribution < -0.4 is 10.6 Å². The molecule has 0 saturated carbocycles. The zero-order valence-corrected chi connectivity index (χ0v) is 19.6. The first kappa shape index (κ1) is 24.7. The van der Waals surface area contributed by atoms with Crippen LogP contribution in [0.4, 0.5) is 4.79 Å². The van der Waals surface area contributed by atoms with Gasteiger partial charge in [0, 0.05) is 13.1 Å². The van der Waals surface area contributed by atoms with Crippen molar-refractivity contribution >= 4 is 28.0 Å². The van der Waals surface area contributed by atoms with Crippen molar-refractivity contribution in [1.82, 2.24) is 14.9 Å². The minimum Gasteiger partial charge on any atom is -0.463 e. The number of benzene rings is 1. The van der Waals surface area contributed by atoms with Crippen LogP contribution >= 0.6 is 0 Å². The van der Waals surface area contributed by atoms with Crippen LogP contribution in [-0.4, -0.2) is 63.0 Å². The highest BCUT2D eigenvalue weighted by Gasteiger charge is 2.33. The summed E-state index contributed by atoms with van der Waals surface area (Å²) in [4.78, 5) is 37.2. The van der Waals surface area contributed by atoms with E-state index in [1.807, 2.05) is 0 Å². The highest BCUT2D eigenvalue weighted by atomic mass is 32.2. The predicted octanol–water partition coefficient (Wildman–Crippen LogP) is 1.93. The lowest BCUT2D eigenvalue weighted by Gasteiger charge is -2.28. The lowest BCUT2D eigenvalue weighted by molar-refractivity contribution is -0.139. The smallest absolute Gasteiger partial charge is 0.339 e. The van der Waals surface area contributed by atoms with Gasteiger partial charge in [0.2, 0.25) is 10.0 Å². The van der Waals surface area contributed by atoms with Gasteiger partial charge in [0.15, 0.2) is 0 Å². The Bertz CT molecular complexity index is 1050. The molecule has 1 aromatic rings. The number of rotatable bonds is 8. The van der Waals surface area contributed by atoms with Gasteiger partial charge in [0.05, 0.1) is 34.4 Å². The Morgan fingerprint density at radius 3 is 2.42 bits per heavy atom. The first-order chi connectivity index (χ1) is 15.8. The molecule has 11 heteroatoms. The zero-order valence-electron chi connectivity index (χ0n) is 18.8. The average molecular weight is 480 g/mol. The van der Waals surface area contributed by atoms with Crippen LogP contribution in [0.5, 0.6) is 0 Å². The second-order valence-corrected chi connectivity index (χ2v) is 9.62. The molecule has 2 aliphatic rings. The van der Waals surface area contributed by atoms with Gasteiger partial charge in [0.1, 0.15) is 6.61 Å². The molecule has 180 valence electrons. The molecule has 1 aromatic carbocycles. The van der Waals surface area contributed by atoms with Crippen LogP contribution in [0.15, 0.2) is 40.4 Å². The van der Waals surface area contributed by atoms with Gasteiger partial charge in [-0.15, -0.1) is 0 Å². The van der Waals surface area contributed by atoms with Crippen molar-refractivity contribution in [1.29, 1.82) is 0 Å². The van der Waals surface area contributed by atoms with E-state index in [4.69, 9.17) is 9.47 Å². The zero-order chi connectivity index (χ0) is 24.0. The molecule has 0 aliphatic carbocycles. The van der Waals surface area contributed by atoms with Crippen LogP contribution in [0.2, 0.25) is 0 Å². The van der Waals surface area contributed by atoms with Crippen molar-refractivity contribution in [3.05, 3.63) is 41.1 Å². The molecule has 2 heterocycles. The lowest BCUT2D eigenvalue weighted by atomic mass is 10.0. The van der Waals surface area contributed by atoms with Crippen LogP contribution in [0.25, 0.3) is 0 Å². The minimum absolute atomic E-state index is 0.103. The Labute approximate surface area is 193 Å². The summed E-state index contributed by atoms with van der Waals surface area (Å²) in [5.74, 6) is -1.50. The quantitative estimate of drug-likeness (QED) is 0.545. The van der Waals surface area contributed by atoms with E-state index < -0.39 is 40.6 Å². The number of hydrogen-bond acceptors (Lipinski definition) is 7. The molecule has 1 atom stereocenters. The number of nitrogens with zero attached hydrogens (tertiary/aromatic N) is 1. The molecule has 1 fully saturated rings. The Morgan fingerprint density at radius 1 is 1.06 bits per heavy atom. The van der Waals surface area contributed by atoms with Gasteiger partial charge in [-0.2, -0.15) is 4.31 Å². The van der Waals surface area contributed by atoms with Crippen molar-refractivity contribution in [2.45, 2.75) is 50.5 Å². The average Bonchev–Trinajstić information content (AvgIpc) is 2.82. The summed E-state index contributed by atoms with van der Waals surface area (Å²) in [5.41, 5.74) is 0.170. The second-order valence-electron chi connectivity index (χ2n) is 7.71. The molecule has 0 spiro atoms. The van der Waals surface area contributed by atoms with Crippen LogP contribution in [0.1, 0.15) is 49.9 Å². The van der Waals surface area contributed by atoms with Gasteiger partial charge < -0.3 is 20.1 Å². The molecule has 2 N–H and O–H groups in total. The maximum Gasteiger partial charge on any atom is 0.339 e. The highest BCUT2D eigenvalue weighted by molar-refractivity contribution is 7.89. The molecule has 0 aromatic heterocycles. The Hall–Kier alpha value is -2.92. The second kappa shape index (κ2) is 10.8. The number of carbonyl (C=O) groups is 3. The fourth-order valence-corrected chi connectivity index (χ4v) is 5.59. The summed E-state index contributed by atoms with van der Waals surface area (Å²) in [5, 5.41) is 5.13. The molecule has 2 amide bonds. The highest BCUT2D eigenvalue weighted by Crippen LogP contribution is 2.25. The van der Waals surface area contributed by atoms with Gasteiger partial charge in [-0.3, -0.25) is 0 Å². The molecule has 10 nitrogen and oxygen atoms in total. The number of carbonyl (C=O) groups excluding carboxylic acids is 3. The van der Waals surface area contributed by atoms with Crippen LogP contribution in [0, 0.1) is 0 Å². The first-order valence-electron chi connectivity index (χ1n) is 11.0. The third-order valence-corrected chi connectivity index (χ3v) is 7.49. The monoisotopic (exact) mass is 479 g/mol. The first-order valence-corrected chi connectivity index (χ1v) is 12.5. The number of esters is 2. The summed E-state index contributed by atoms with van der Waals surface area (Å²) in [7, 11) is -3.87. The molecule has 0 bridgehead atoms. The number of sulfonamides is 1. The van der Waals surface area contributed by atoms with Gasteiger partial charge >= 0.3 is 18.0 Å². The number of ether oxygens (including phenoxy) is 2. The molecule has 1 saturated heterocycles. The fourth-order valence-electron chi connectivity index (χ4n) is 3.90. The van der Waals surface area contributed by atoms with Crippen molar-refractivity contribution < 1.29 is 32.3 Å². The van der Waals surface area contributed by atoms with Gasteiger partial charge in [-0.1, -0.05) is 25.5 Å². The Morgan fingerprint density at radius 2 is 1.76 bits per heavy atom. The fraction of sp³-hybridized carbons (Fsp3) is 0.500. The van der Waals surface area contributed by atoms with E-state index in [9.17, 15) is 22.8 Å². The third-order valence-electron chi connectivity index (χ3n) is 5.53. The maximum absolute atomic E-state index is 13.1. The van der Waals surface area contributed by atoms with E-state index in [1.54, 1.807) is 26.0 Å². The molecular formula is C22H29N3O7S. The summed E-state index contributed by atoms with van der Waals surface area (Å²) in [6.07, 6.45) is 2.93. The summed E-state index contributed by atoms with van der Waals surface area (Å²) in [6.45, 7) is 3.98. The standard InChI is InChI=1S/C22H29N3O7S/c1-3-16-19(21(27)31-4-2)17(24-22(28)23-16)14-32-20(26)15-10-6-7-11-18(15)33(29,30)25-12-8-5-9-13-25/h6-7,10-11,16H,3-5,8-9,12-14H2,1-2H3,(H2,23,24,28)/t16-/m1/s1. The number of piperidine rings is 1. The van der Waals surface area contributed by atoms with Crippen molar-refractivity contribution in [2.24, 2.45) is 0 Å². The van der Waals surface area contributed by atoms with E-state index in [2.05, 4.69) is 10.6 Å². The Kier molecular flexibility index (Phi) is 8.09. The van der Waals surface area contributed by atoms with E-state index in [0.29, 0.717) is 19.5 Å². The van der Waals surface area contributed by atoms with Gasteiger partial charge in [-0.25, -0.2) is 22.8 Å². The molecule has 0 unspecified atom stereocenters. The van der Waals surface area contributed by atoms with E-state index in [1.165, 1.54) is 16.4 Å². The summed E-state index contributed by atoms with van der Waals surface area (Å²) < 4.78 is 38.1. The number of urea groups is 1. The van der Waals surface area contributed by atoms with Crippen LogP contribution in [-0.2, 0) is 24.3 Å². The third kappa shape index (κ3) is 5.53. The van der Waals surface area contributed by atoms with Crippen molar-refractivity contribution in [3.8, 4) is 0 Å². The molecule has 0 radical (unpaired) electrons. The number of amides is 2.